The number of anilines is 2. The van der Waals surface area contributed by atoms with Crippen LogP contribution in [-0.4, -0.2) is 46.7 Å². The fraction of sp³-hybridized carbons (Fsp3) is 0.348. The lowest BCUT2D eigenvalue weighted by atomic mass is 10.1. The van der Waals surface area contributed by atoms with Crippen LogP contribution in [0.2, 0.25) is 0 Å². The van der Waals surface area contributed by atoms with E-state index in [0.717, 1.165) is 44.1 Å². The normalized spacial score (nSPS) is 14.9. The summed E-state index contributed by atoms with van der Waals surface area (Å²) >= 11 is 0. The SMILES string of the molecule is COC1CCN(c2cn(-c3ncc(NC(=O)Cc4cccc(C(F)(F)F)c4F)cc3F)cn2)CC1. The molecule has 0 radical (unpaired) electrons. The minimum absolute atomic E-state index is 0.0226. The number of carbonyl (C=O) groups is 1. The van der Waals surface area contributed by atoms with E-state index in [-0.39, 0.29) is 17.6 Å². The zero-order chi connectivity index (χ0) is 25.2. The van der Waals surface area contributed by atoms with Gasteiger partial charge in [0.15, 0.2) is 11.6 Å². The maximum absolute atomic E-state index is 14.7. The van der Waals surface area contributed by atoms with Crippen molar-refractivity contribution in [3.8, 4) is 5.82 Å². The van der Waals surface area contributed by atoms with E-state index in [9.17, 15) is 26.7 Å². The molecule has 0 aliphatic carbocycles. The average Bonchev–Trinajstić information content (AvgIpc) is 3.30. The Bertz CT molecular complexity index is 1210. The minimum Gasteiger partial charge on any atom is -0.381 e. The number of methoxy groups -OCH3 is 1. The molecule has 7 nitrogen and oxygen atoms in total. The predicted octanol–water partition coefficient (Wildman–Crippen LogP) is 4.36. The van der Waals surface area contributed by atoms with Crippen molar-refractivity contribution < 1.29 is 31.5 Å². The number of aromatic nitrogens is 3. The van der Waals surface area contributed by atoms with E-state index < -0.39 is 41.3 Å². The Morgan fingerprint density at radius 2 is 1.94 bits per heavy atom. The van der Waals surface area contributed by atoms with Crippen molar-refractivity contribution >= 4 is 17.4 Å². The Morgan fingerprint density at radius 1 is 1.20 bits per heavy atom. The van der Waals surface area contributed by atoms with E-state index in [2.05, 4.69) is 20.2 Å². The largest absolute Gasteiger partial charge is 0.419 e. The van der Waals surface area contributed by atoms with Crippen LogP contribution in [0.25, 0.3) is 5.82 Å². The molecule has 0 unspecified atom stereocenters. The molecule has 1 aromatic carbocycles. The summed E-state index contributed by atoms with van der Waals surface area (Å²) in [6.45, 7) is 1.51. The first-order chi connectivity index (χ1) is 16.7. The lowest BCUT2D eigenvalue weighted by Crippen LogP contribution is -2.36. The third kappa shape index (κ3) is 5.59. The number of halogens is 5. The molecular formula is C23H22F5N5O2. The molecule has 0 bridgehead atoms. The Hall–Kier alpha value is -3.54. The smallest absolute Gasteiger partial charge is 0.381 e. The van der Waals surface area contributed by atoms with Gasteiger partial charge in [-0.15, -0.1) is 0 Å². The number of hydrogen-bond donors (Lipinski definition) is 1. The number of carbonyl (C=O) groups excluding carboxylic acids is 1. The van der Waals surface area contributed by atoms with Crippen molar-refractivity contribution in [3.05, 3.63) is 65.7 Å². The minimum atomic E-state index is -4.88. The zero-order valence-corrected chi connectivity index (χ0v) is 18.6. The van der Waals surface area contributed by atoms with Crippen LogP contribution in [0.5, 0.6) is 0 Å². The lowest BCUT2D eigenvalue weighted by molar-refractivity contribution is -0.140. The zero-order valence-electron chi connectivity index (χ0n) is 18.6. The molecule has 35 heavy (non-hydrogen) atoms. The number of nitrogens with zero attached hydrogens (tertiary/aromatic N) is 4. The summed E-state index contributed by atoms with van der Waals surface area (Å²) in [6.07, 6.45) is 0.647. The Kier molecular flexibility index (Phi) is 7.01. The van der Waals surface area contributed by atoms with E-state index in [1.54, 1.807) is 13.3 Å². The monoisotopic (exact) mass is 495 g/mol. The van der Waals surface area contributed by atoms with Crippen molar-refractivity contribution in [3.63, 3.8) is 0 Å². The molecule has 1 saturated heterocycles. The molecule has 1 fully saturated rings. The van der Waals surface area contributed by atoms with Crippen LogP contribution >= 0.6 is 0 Å². The van der Waals surface area contributed by atoms with Gasteiger partial charge in [-0.05, 0) is 24.5 Å². The van der Waals surface area contributed by atoms with E-state index in [0.29, 0.717) is 11.9 Å². The highest BCUT2D eigenvalue weighted by molar-refractivity contribution is 5.92. The van der Waals surface area contributed by atoms with Crippen molar-refractivity contribution in [2.24, 2.45) is 0 Å². The molecule has 0 atom stereocenters. The molecule has 2 aromatic heterocycles. The highest BCUT2D eigenvalue weighted by atomic mass is 19.4. The second-order valence-electron chi connectivity index (χ2n) is 8.09. The first-order valence-electron chi connectivity index (χ1n) is 10.8. The summed E-state index contributed by atoms with van der Waals surface area (Å²) in [7, 11) is 1.68. The lowest BCUT2D eigenvalue weighted by Gasteiger charge is -2.31. The molecule has 0 spiro atoms. The van der Waals surface area contributed by atoms with Gasteiger partial charge in [0.1, 0.15) is 18.0 Å². The highest BCUT2D eigenvalue weighted by Gasteiger charge is 2.35. The van der Waals surface area contributed by atoms with Crippen LogP contribution in [0.4, 0.5) is 33.5 Å². The topological polar surface area (TPSA) is 72.3 Å². The maximum Gasteiger partial charge on any atom is 0.419 e. The summed E-state index contributed by atoms with van der Waals surface area (Å²) in [5.74, 6) is -2.47. The third-order valence-corrected chi connectivity index (χ3v) is 5.75. The number of pyridine rings is 1. The summed E-state index contributed by atoms with van der Waals surface area (Å²) in [4.78, 5) is 22.6. The summed E-state index contributed by atoms with van der Waals surface area (Å²) < 4.78 is 74.3. The highest BCUT2D eigenvalue weighted by Crippen LogP contribution is 2.32. The molecule has 3 aromatic rings. The second-order valence-corrected chi connectivity index (χ2v) is 8.09. The van der Waals surface area contributed by atoms with Gasteiger partial charge in [-0.2, -0.15) is 13.2 Å². The van der Waals surface area contributed by atoms with Gasteiger partial charge in [-0.25, -0.2) is 18.7 Å². The van der Waals surface area contributed by atoms with Crippen molar-refractivity contribution in [2.45, 2.75) is 31.5 Å². The summed E-state index contributed by atoms with van der Waals surface area (Å²) in [5, 5.41) is 2.33. The molecular weight excluding hydrogens is 473 g/mol. The van der Waals surface area contributed by atoms with Crippen LogP contribution in [0, 0.1) is 11.6 Å². The number of piperidine rings is 1. The van der Waals surface area contributed by atoms with Crippen LogP contribution < -0.4 is 10.2 Å². The molecule has 3 heterocycles. The number of amides is 1. The maximum atomic E-state index is 14.7. The van der Waals surface area contributed by atoms with Gasteiger partial charge in [0, 0.05) is 26.3 Å². The first-order valence-corrected chi connectivity index (χ1v) is 10.8. The van der Waals surface area contributed by atoms with Gasteiger partial charge < -0.3 is 15.0 Å². The summed E-state index contributed by atoms with van der Waals surface area (Å²) in [6, 6.07) is 3.72. The fourth-order valence-corrected chi connectivity index (χ4v) is 3.91. The Labute approximate surface area is 197 Å². The van der Waals surface area contributed by atoms with Crippen LogP contribution in [0.3, 0.4) is 0 Å². The number of rotatable bonds is 6. The molecule has 12 heteroatoms. The Morgan fingerprint density at radius 3 is 2.60 bits per heavy atom. The van der Waals surface area contributed by atoms with E-state index in [1.807, 2.05) is 0 Å². The van der Waals surface area contributed by atoms with Crippen molar-refractivity contribution in [1.29, 1.82) is 0 Å². The quantitative estimate of drug-likeness (QED) is 0.515. The van der Waals surface area contributed by atoms with Gasteiger partial charge in [0.05, 0.1) is 36.2 Å². The number of hydrogen-bond acceptors (Lipinski definition) is 5. The first kappa shape index (κ1) is 24.6. The molecule has 1 N–H and O–H groups in total. The molecule has 186 valence electrons. The van der Waals surface area contributed by atoms with Crippen molar-refractivity contribution in [2.75, 3.05) is 30.4 Å². The number of alkyl halides is 3. The molecule has 1 amide bonds. The van der Waals surface area contributed by atoms with Crippen LogP contribution in [-0.2, 0) is 22.1 Å². The molecule has 0 saturated carbocycles. The molecule has 1 aliphatic heterocycles. The standard InChI is InChI=1S/C23H22F5N5O2/c1-35-16-5-7-32(8-6-16)19-12-33(13-30-19)22-18(24)10-15(11-29-22)31-20(34)9-14-3-2-4-17(21(14)25)23(26,27)28/h2-4,10-13,16H,5-9H2,1H3,(H,31,34). The molecule has 4 rings (SSSR count). The van der Waals surface area contributed by atoms with Gasteiger partial charge in [-0.1, -0.05) is 12.1 Å². The fourth-order valence-electron chi connectivity index (χ4n) is 3.91. The van der Waals surface area contributed by atoms with Crippen LogP contribution in [0.1, 0.15) is 24.0 Å². The molecule has 1 aliphatic rings. The van der Waals surface area contributed by atoms with Gasteiger partial charge >= 0.3 is 6.18 Å². The van der Waals surface area contributed by atoms with E-state index >= 15 is 0 Å². The average molecular weight is 495 g/mol. The number of ether oxygens (including phenoxy) is 1. The third-order valence-electron chi connectivity index (χ3n) is 5.75. The Balaban J connectivity index is 1.42. The van der Waals surface area contributed by atoms with Crippen molar-refractivity contribution in [1.82, 2.24) is 14.5 Å². The second kappa shape index (κ2) is 9.98. The van der Waals surface area contributed by atoms with Crippen LogP contribution in [0.15, 0.2) is 43.0 Å². The number of benzene rings is 1. The van der Waals surface area contributed by atoms with Gasteiger partial charge in [-0.3, -0.25) is 9.36 Å². The van der Waals surface area contributed by atoms with E-state index in [1.165, 1.54) is 17.1 Å². The predicted molar refractivity (Wildman–Crippen MR) is 117 cm³/mol. The van der Waals surface area contributed by atoms with Gasteiger partial charge in [0.25, 0.3) is 0 Å². The van der Waals surface area contributed by atoms with E-state index in [4.69, 9.17) is 4.74 Å². The summed E-state index contributed by atoms with van der Waals surface area (Å²) in [5.41, 5.74) is -1.91. The van der Waals surface area contributed by atoms with Gasteiger partial charge in [0.2, 0.25) is 5.91 Å². The number of nitrogens with one attached hydrogen (secondary N) is 1. The number of imidazole rings is 1.